The maximum absolute atomic E-state index is 13.6. The average molecular weight is 506 g/mol. The van der Waals surface area contributed by atoms with Crippen molar-refractivity contribution in [2.24, 2.45) is 14.1 Å². The number of hydrogen-bond acceptors (Lipinski definition) is 6. The topological polar surface area (TPSA) is 99.4 Å². The van der Waals surface area contributed by atoms with Crippen molar-refractivity contribution >= 4 is 23.3 Å². The van der Waals surface area contributed by atoms with Gasteiger partial charge in [-0.25, -0.2) is 9.59 Å². The van der Waals surface area contributed by atoms with Gasteiger partial charge in [0.25, 0.3) is 5.56 Å². The quantitative estimate of drug-likeness (QED) is 0.336. The van der Waals surface area contributed by atoms with Gasteiger partial charge in [-0.05, 0) is 36.8 Å². The number of Topliss-reactive ketones (excluding diaryl/α,β-unsaturated/α-hetero) is 1. The van der Waals surface area contributed by atoms with Gasteiger partial charge in [0, 0.05) is 36.7 Å². The first-order chi connectivity index (χ1) is 18.3. The van der Waals surface area contributed by atoms with E-state index in [2.05, 4.69) is 5.32 Å². The number of carbonyl (C=O) groups is 2. The van der Waals surface area contributed by atoms with Gasteiger partial charge in [-0.15, -0.1) is 0 Å². The Kier molecular flexibility index (Phi) is 5.27. The van der Waals surface area contributed by atoms with Crippen LogP contribution in [-0.2, 0) is 14.1 Å². The Bertz CT molecular complexity index is 1830. The average Bonchev–Trinajstić information content (AvgIpc) is 3.21. The molecule has 8 nitrogen and oxygen atoms in total. The van der Waals surface area contributed by atoms with Crippen LogP contribution in [0.5, 0.6) is 5.75 Å². The van der Waals surface area contributed by atoms with Crippen LogP contribution in [-0.4, -0.2) is 20.9 Å². The van der Waals surface area contributed by atoms with E-state index in [1.54, 1.807) is 61.6 Å². The van der Waals surface area contributed by atoms with Gasteiger partial charge >= 0.3 is 11.7 Å². The van der Waals surface area contributed by atoms with Crippen LogP contribution in [0.2, 0.25) is 0 Å². The third-order valence-corrected chi connectivity index (χ3v) is 7.15. The molecule has 8 heteroatoms. The van der Waals surface area contributed by atoms with Gasteiger partial charge in [0.1, 0.15) is 11.6 Å². The Labute approximate surface area is 217 Å². The number of hydrogen-bond donors (Lipinski definition) is 1. The minimum atomic E-state index is -0.729. The molecule has 1 aromatic heterocycles. The Morgan fingerprint density at radius 2 is 1.58 bits per heavy atom. The summed E-state index contributed by atoms with van der Waals surface area (Å²) >= 11 is 0. The first-order valence-electron chi connectivity index (χ1n) is 12.1. The number of rotatable bonds is 3. The largest absolute Gasteiger partial charge is 0.423 e. The summed E-state index contributed by atoms with van der Waals surface area (Å²) in [6.45, 7) is 1.90. The highest BCUT2D eigenvalue weighted by molar-refractivity contribution is 6.23. The van der Waals surface area contributed by atoms with E-state index in [0.717, 1.165) is 15.7 Å². The molecule has 0 fully saturated rings. The summed E-state index contributed by atoms with van der Waals surface area (Å²) in [6, 6.07) is 21.1. The number of nitrogens with one attached hydrogen (secondary N) is 1. The van der Waals surface area contributed by atoms with Crippen molar-refractivity contribution in [3.05, 3.63) is 133 Å². The standard InChI is InChI=1S/C30H23N3O5/c1-16-7-6-8-18(15-16)29(36)38-19-13-11-17(12-14-19)22-23-25(20-9-4-5-10-21(20)26(23)34)31-27-24(22)28(35)33(3)30(37)32(27)2/h4-15,22,31H,1-3H3/t22-/m0/s1. The molecule has 1 aliphatic carbocycles. The van der Waals surface area contributed by atoms with Gasteiger partial charge in [0.15, 0.2) is 5.78 Å². The summed E-state index contributed by atoms with van der Waals surface area (Å²) in [5.74, 6) is -0.707. The summed E-state index contributed by atoms with van der Waals surface area (Å²) in [5.41, 5.74) is 3.68. The lowest BCUT2D eigenvalue weighted by Gasteiger charge is -2.29. The fourth-order valence-electron chi connectivity index (χ4n) is 5.26. The number of nitrogens with zero attached hydrogens (tertiary/aromatic N) is 2. The van der Waals surface area contributed by atoms with Crippen LogP contribution in [0.25, 0.3) is 5.70 Å². The van der Waals surface area contributed by atoms with Crippen LogP contribution < -0.4 is 21.3 Å². The molecule has 2 aliphatic rings. The van der Waals surface area contributed by atoms with Gasteiger partial charge in [-0.2, -0.15) is 0 Å². The molecule has 3 aromatic carbocycles. The number of ketones is 1. The molecule has 0 saturated heterocycles. The third-order valence-electron chi connectivity index (χ3n) is 7.15. The molecule has 1 atom stereocenters. The number of allylic oxidation sites excluding steroid dienone is 1. The number of aromatic nitrogens is 2. The molecule has 2 heterocycles. The van der Waals surface area contributed by atoms with Crippen molar-refractivity contribution < 1.29 is 14.3 Å². The summed E-state index contributed by atoms with van der Waals surface area (Å²) < 4.78 is 7.99. The lowest BCUT2D eigenvalue weighted by molar-refractivity contribution is 0.0734. The normalized spacial score (nSPS) is 15.4. The Hall–Kier alpha value is -4.98. The van der Waals surface area contributed by atoms with Gasteiger partial charge in [-0.1, -0.05) is 54.1 Å². The van der Waals surface area contributed by atoms with E-state index in [1.165, 1.54) is 11.6 Å². The zero-order valence-corrected chi connectivity index (χ0v) is 20.9. The molecule has 6 rings (SSSR count). The fourth-order valence-corrected chi connectivity index (χ4v) is 5.26. The maximum Gasteiger partial charge on any atom is 0.343 e. The Balaban J connectivity index is 1.47. The molecule has 1 aliphatic heterocycles. The third kappa shape index (κ3) is 3.45. The number of ether oxygens (including phenoxy) is 1. The second kappa shape index (κ2) is 8.55. The molecule has 4 aromatic rings. The SMILES string of the molecule is Cc1cccc(C(=O)Oc2ccc([C@H]3C4=C(Nc5c3c(=O)n(C)c(=O)n5C)c3ccccc3C4=O)cc2)c1. The first kappa shape index (κ1) is 23.4. The highest BCUT2D eigenvalue weighted by Crippen LogP contribution is 2.47. The zero-order chi connectivity index (χ0) is 26.7. The molecule has 0 saturated carbocycles. The number of carbonyl (C=O) groups excluding carboxylic acids is 2. The lowest BCUT2D eigenvalue weighted by atomic mass is 9.81. The number of esters is 1. The van der Waals surface area contributed by atoms with E-state index in [1.807, 2.05) is 25.1 Å². The van der Waals surface area contributed by atoms with E-state index in [4.69, 9.17) is 4.74 Å². The molecule has 0 unspecified atom stereocenters. The Morgan fingerprint density at radius 3 is 2.29 bits per heavy atom. The summed E-state index contributed by atoms with van der Waals surface area (Å²) in [6.07, 6.45) is 0. The van der Waals surface area contributed by atoms with E-state index in [0.29, 0.717) is 45.1 Å². The van der Waals surface area contributed by atoms with Crippen molar-refractivity contribution in [3.63, 3.8) is 0 Å². The predicted octanol–water partition coefficient (Wildman–Crippen LogP) is 3.78. The minimum absolute atomic E-state index is 0.176. The van der Waals surface area contributed by atoms with E-state index >= 15 is 0 Å². The molecule has 38 heavy (non-hydrogen) atoms. The Morgan fingerprint density at radius 1 is 0.868 bits per heavy atom. The highest BCUT2D eigenvalue weighted by Gasteiger charge is 2.42. The van der Waals surface area contributed by atoms with E-state index in [-0.39, 0.29) is 5.78 Å². The molecular formula is C30H23N3O5. The molecule has 0 spiro atoms. The second-order valence-electron chi connectivity index (χ2n) is 9.52. The van der Waals surface area contributed by atoms with Crippen molar-refractivity contribution in [1.29, 1.82) is 0 Å². The van der Waals surface area contributed by atoms with Crippen LogP contribution >= 0.6 is 0 Å². The number of anilines is 1. The minimum Gasteiger partial charge on any atom is -0.423 e. The van der Waals surface area contributed by atoms with Crippen molar-refractivity contribution in [1.82, 2.24) is 9.13 Å². The van der Waals surface area contributed by atoms with Crippen molar-refractivity contribution in [2.75, 3.05) is 5.32 Å². The zero-order valence-electron chi connectivity index (χ0n) is 20.9. The van der Waals surface area contributed by atoms with Crippen LogP contribution in [0, 0.1) is 6.92 Å². The fraction of sp³-hybridized carbons (Fsp3) is 0.133. The maximum atomic E-state index is 13.6. The van der Waals surface area contributed by atoms with Crippen molar-refractivity contribution in [3.8, 4) is 5.75 Å². The lowest BCUT2D eigenvalue weighted by Crippen LogP contribution is -2.42. The van der Waals surface area contributed by atoms with Crippen molar-refractivity contribution in [2.45, 2.75) is 12.8 Å². The van der Waals surface area contributed by atoms with Crippen LogP contribution in [0.3, 0.4) is 0 Å². The number of fused-ring (bicyclic) bond motifs is 3. The van der Waals surface area contributed by atoms with Gasteiger partial charge in [0.05, 0.1) is 16.8 Å². The van der Waals surface area contributed by atoms with Gasteiger partial charge in [-0.3, -0.25) is 18.7 Å². The number of benzene rings is 3. The number of aryl methyl sites for hydroxylation is 1. The van der Waals surface area contributed by atoms with E-state index in [9.17, 15) is 19.2 Å². The van der Waals surface area contributed by atoms with Crippen LogP contribution in [0.1, 0.15) is 48.9 Å². The molecule has 0 amide bonds. The monoisotopic (exact) mass is 505 g/mol. The first-order valence-corrected chi connectivity index (χ1v) is 12.1. The van der Waals surface area contributed by atoms with Crippen LogP contribution in [0.15, 0.2) is 88.0 Å². The second-order valence-corrected chi connectivity index (χ2v) is 9.52. The van der Waals surface area contributed by atoms with Gasteiger partial charge < -0.3 is 10.1 Å². The highest BCUT2D eigenvalue weighted by atomic mass is 16.5. The molecule has 0 bridgehead atoms. The van der Waals surface area contributed by atoms with Crippen LogP contribution in [0.4, 0.5) is 5.82 Å². The summed E-state index contributed by atoms with van der Waals surface area (Å²) in [7, 11) is 3.01. The van der Waals surface area contributed by atoms with E-state index < -0.39 is 23.1 Å². The van der Waals surface area contributed by atoms with Gasteiger partial charge in [0.2, 0.25) is 0 Å². The molecular weight excluding hydrogens is 482 g/mol. The molecule has 188 valence electrons. The summed E-state index contributed by atoms with van der Waals surface area (Å²) in [4.78, 5) is 52.4. The smallest absolute Gasteiger partial charge is 0.343 e. The molecule has 1 N–H and O–H groups in total. The summed E-state index contributed by atoms with van der Waals surface area (Å²) in [5, 5.41) is 3.22. The molecule has 0 radical (unpaired) electrons. The predicted molar refractivity (Wildman–Crippen MR) is 143 cm³/mol.